The van der Waals surface area contributed by atoms with Crippen LogP contribution < -0.4 is 0 Å². The fourth-order valence-electron chi connectivity index (χ4n) is 1.34. The Morgan fingerprint density at radius 1 is 1.08 bits per heavy atom. The molecular formula is C9H4F4. The molecule has 1 aliphatic carbocycles. The van der Waals surface area contributed by atoms with Gasteiger partial charge < -0.3 is 0 Å². The highest BCUT2D eigenvalue weighted by atomic mass is 19.2. The standard InChI is InChI=1S/C9H4F4/c10-5-2-1-4-6(11)3-7(12)9(13)8(4)5/h1-3,5H. The van der Waals surface area contributed by atoms with Crippen LogP contribution in [0.1, 0.15) is 17.3 Å². The smallest absolute Gasteiger partial charge is 0.166 e. The van der Waals surface area contributed by atoms with E-state index in [1.54, 1.807) is 0 Å². The first-order valence-electron chi connectivity index (χ1n) is 3.61. The Kier molecular flexibility index (Phi) is 1.65. The highest BCUT2D eigenvalue weighted by molar-refractivity contribution is 5.62. The maximum Gasteiger partial charge on any atom is 0.166 e. The van der Waals surface area contributed by atoms with Crippen molar-refractivity contribution in [3.8, 4) is 0 Å². The average molecular weight is 188 g/mol. The minimum absolute atomic E-state index is 0.202. The number of benzene rings is 1. The van der Waals surface area contributed by atoms with Crippen molar-refractivity contribution < 1.29 is 17.6 Å². The summed E-state index contributed by atoms with van der Waals surface area (Å²) in [5, 5.41) is 0. The number of alkyl halides is 1. The Balaban J connectivity index is 2.75. The molecule has 0 nitrogen and oxygen atoms in total. The predicted molar refractivity (Wildman–Crippen MR) is 39.2 cm³/mol. The van der Waals surface area contributed by atoms with Gasteiger partial charge in [0.15, 0.2) is 11.6 Å². The fourth-order valence-corrected chi connectivity index (χ4v) is 1.34. The van der Waals surface area contributed by atoms with Crippen molar-refractivity contribution in [2.24, 2.45) is 0 Å². The highest BCUT2D eigenvalue weighted by Crippen LogP contribution is 2.35. The molecule has 0 N–H and O–H groups in total. The van der Waals surface area contributed by atoms with Gasteiger partial charge in [0, 0.05) is 17.2 Å². The Labute approximate surface area is 71.5 Å². The molecule has 13 heavy (non-hydrogen) atoms. The lowest BCUT2D eigenvalue weighted by Gasteiger charge is -2.05. The monoisotopic (exact) mass is 188 g/mol. The summed E-state index contributed by atoms with van der Waals surface area (Å²) < 4.78 is 51.3. The first kappa shape index (κ1) is 8.29. The van der Waals surface area contributed by atoms with Crippen LogP contribution in [0, 0.1) is 17.5 Å². The van der Waals surface area contributed by atoms with Gasteiger partial charge in [0.05, 0.1) is 0 Å². The van der Waals surface area contributed by atoms with Crippen LogP contribution in [0.3, 0.4) is 0 Å². The molecule has 1 atom stereocenters. The van der Waals surface area contributed by atoms with Crippen LogP contribution in [0.15, 0.2) is 12.1 Å². The van der Waals surface area contributed by atoms with Gasteiger partial charge in [-0.05, 0) is 6.08 Å². The second-order valence-electron chi connectivity index (χ2n) is 2.74. The van der Waals surface area contributed by atoms with E-state index in [9.17, 15) is 17.6 Å². The molecule has 68 valence electrons. The number of allylic oxidation sites excluding steroid dienone is 1. The van der Waals surface area contributed by atoms with E-state index in [-0.39, 0.29) is 5.56 Å². The maximum atomic E-state index is 12.9. The molecule has 4 heteroatoms. The second-order valence-corrected chi connectivity index (χ2v) is 2.74. The van der Waals surface area contributed by atoms with Gasteiger partial charge in [-0.2, -0.15) is 0 Å². The summed E-state index contributed by atoms with van der Waals surface area (Å²) in [6, 6.07) is 0.413. The number of hydrogen-bond donors (Lipinski definition) is 0. The number of fused-ring (bicyclic) bond motifs is 1. The zero-order valence-corrected chi connectivity index (χ0v) is 6.32. The maximum absolute atomic E-state index is 12.9. The minimum atomic E-state index is -1.75. The summed E-state index contributed by atoms with van der Waals surface area (Å²) >= 11 is 0. The number of rotatable bonds is 0. The van der Waals surface area contributed by atoms with Gasteiger partial charge >= 0.3 is 0 Å². The molecule has 1 aromatic rings. The zero-order chi connectivity index (χ0) is 9.59. The molecule has 0 saturated carbocycles. The van der Waals surface area contributed by atoms with E-state index in [0.717, 1.165) is 12.2 Å². The summed E-state index contributed by atoms with van der Waals surface area (Å²) in [7, 11) is 0. The van der Waals surface area contributed by atoms with Crippen LogP contribution in [-0.2, 0) is 0 Å². The van der Waals surface area contributed by atoms with E-state index in [0.29, 0.717) is 6.07 Å². The van der Waals surface area contributed by atoms with Crippen molar-refractivity contribution in [2.45, 2.75) is 6.17 Å². The molecule has 0 saturated heterocycles. The molecule has 1 aromatic carbocycles. The SMILES string of the molecule is Fc1cc(F)c2c(c1F)C(F)C=C2. The Bertz CT molecular complexity index is 395. The first-order chi connectivity index (χ1) is 6.11. The van der Waals surface area contributed by atoms with Crippen LogP contribution in [0.2, 0.25) is 0 Å². The quantitative estimate of drug-likeness (QED) is 0.433. The molecule has 2 rings (SSSR count). The highest BCUT2D eigenvalue weighted by Gasteiger charge is 2.26. The number of halogens is 4. The van der Waals surface area contributed by atoms with Gasteiger partial charge in [-0.25, -0.2) is 17.6 Å². The van der Waals surface area contributed by atoms with Gasteiger partial charge in [0.2, 0.25) is 0 Å². The Morgan fingerprint density at radius 3 is 2.46 bits per heavy atom. The normalized spacial score (nSPS) is 19.2. The van der Waals surface area contributed by atoms with Gasteiger partial charge in [-0.15, -0.1) is 0 Å². The third-order valence-corrected chi connectivity index (χ3v) is 1.95. The summed E-state index contributed by atoms with van der Waals surface area (Å²) in [6.45, 7) is 0. The van der Waals surface area contributed by atoms with E-state index >= 15 is 0 Å². The third kappa shape index (κ3) is 1.05. The summed E-state index contributed by atoms with van der Waals surface area (Å²) in [5.74, 6) is -3.61. The minimum Gasteiger partial charge on any atom is -0.238 e. The average Bonchev–Trinajstić information content (AvgIpc) is 2.44. The van der Waals surface area contributed by atoms with Crippen molar-refractivity contribution in [1.29, 1.82) is 0 Å². The molecule has 1 unspecified atom stereocenters. The lowest BCUT2D eigenvalue weighted by atomic mass is 10.1. The fraction of sp³-hybridized carbons (Fsp3) is 0.111. The molecule has 0 radical (unpaired) electrons. The van der Waals surface area contributed by atoms with Crippen molar-refractivity contribution in [2.75, 3.05) is 0 Å². The van der Waals surface area contributed by atoms with Crippen LogP contribution in [-0.4, -0.2) is 0 Å². The lowest BCUT2D eigenvalue weighted by molar-refractivity contribution is 0.390. The van der Waals surface area contributed by atoms with Crippen molar-refractivity contribution >= 4 is 6.08 Å². The second kappa shape index (κ2) is 2.58. The topological polar surface area (TPSA) is 0 Å². The summed E-state index contributed by atoms with van der Waals surface area (Å²) in [5.41, 5.74) is -0.746. The molecule has 0 fully saturated rings. The molecule has 0 aliphatic heterocycles. The Hall–Kier alpha value is -1.32. The molecule has 0 heterocycles. The van der Waals surface area contributed by atoms with Gasteiger partial charge in [0.25, 0.3) is 0 Å². The van der Waals surface area contributed by atoms with Crippen LogP contribution in [0.4, 0.5) is 17.6 Å². The summed E-state index contributed by atoms with van der Waals surface area (Å²) in [4.78, 5) is 0. The molecule has 0 bridgehead atoms. The summed E-state index contributed by atoms with van der Waals surface area (Å²) in [6.07, 6.45) is 0.342. The van der Waals surface area contributed by atoms with Gasteiger partial charge in [-0.1, -0.05) is 6.08 Å². The molecule has 0 amide bonds. The predicted octanol–water partition coefficient (Wildman–Crippen LogP) is 3.14. The third-order valence-electron chi connectivity index (χ3n) is 1.95. The zero-order valence-electron chi connectivity index (χ0n) is 6.32. The van der Waals surface area contributed by atoms with Crippen molar-refractivity contribution in [1.82, 2.24) is 0 Å². The van der Waals surface area contributed by atoms with E-state index in [1.807, 2.05) is 0 Å². The van der Waals surface area contributed by atoms with E-state index < -0.39 is 29.2 Å². The molecule has 1 aliphatic rings. The van der Waals surface area contributed by atoms with Crippen LogP contribution in [0.5, 0.6) is 0 Å². The van der Waals surface area contributed by atoms with Crippen molar-refractivity contribution in [3.05, 3.63) is 40.7 Å². The van der Waals surface area contributed by atoms with Gasteiger partial charge in [0.1, 0.15) is 12.0 Å². The number of hydrogen-bond acceptors (Lipinski definition) is 0. The van der Waals surface area contributed by atoms with E-state index in [2.05, 4.69) is 0 Å². The molecular weight excluding hydrogens is 184 g/mol. The van der Waals surface area contributed by atoms with E-state index in [4.69, 9.17) is 0 Å². The van der Waals surface area contributed by atoms with Crippen LogP contribution >= 0.6 is 0 Å². The molecule has 0 spiro atoms. The van der Waals surface area contributed by atoms with Crippen molar-refractivity contribution in [3.63, 3.8) is 0 Å². The molecule has 0 aromatic heterocycles. The Morgan fingerprint density at radius 2 is 1.77 bits per heavy atom. The van der Waals surface area contributed by atoms with E-state index in [1.165, 1.54) is 0 Å². The van der Waals surface area contributed by atoms with Crippen LogP contribution in [0.25, 0.3) is 6.08 Å². The lowest BCUT2D eigenvalue weighted by Crippen LogP contribution is -1.99. The van der Waals surface area contributed by atoms with Gasteiger partial charge in [-0.3, -0.25) is 0 Å². The largest absolute Gasteiger partial charge is 0.238 e. The first-order valence-corrected chi connectivity index (χ1v) is 3.61.